The molecule has 3 atom stereocenters. The number of carbonyl (C=O) groups is 6. The number of hydrogen-bond donors (Lipinski definition) is 0. The summed E-state index contributed by atoms with van der Waals surface area (Å²) in [7, 11) is 0. The molecule has 0 aliphatic carbocycles. The minimum atomic E-state index is -1.28. The van der Waals surface area contributed by atoms with E-state index in [9.17, 15) is 44.1 Å². The van der Waals surface area contributed by atoms with Crippen LogP contribution in [0.25, 0.3) is 0 Å². The first-order chi connectivity index (χ1) is 12.6. The molecule has 0 bridgehead atoms. The molecular formula is C19H29AlO9. The SMILES string of the molecule is CC(=O)C(C(=O)[O-])C(C)C.CCC(C(C)=O)C(=O)[O-].CCC(C(C)=O)C(=O)[O-].[Al+3]. The summed E-state index contributed by atoms with van der Waals surface area (Å²) in [5.74, 6) is -7.78. The van der Waals surface area contributed by atoms with Crippen LogP contribution in [0.3, 0.4) is 0 Å². The molecule has 0 radical (unpaired) electrons. The average Bonchev–Trinajstić information content (AvgIpc) is 2.46. The van der Waals surface area contributed by atoms with Crippen molar-refractivity contribution in [3.05, 3.63) is 0 Å². The van der Waals surface area contributed by atoms with Crippen molar-refractivity contribution in [3.63, 3.8) is 0 Å². The van der Waals surface area contributed by atoms with Crippen molar-refractivity contribution < 1.29 is 44.1 Å². The first-order valence-corrected chi connectivity index (χ1v) is 8.79. The van der Waals surface area contributed by atoms with Crippen LogP contribution in [0.2, 0.25) is 0 Å². The molecule has 3 unspecified atom stereocenters. The van der Waals surface area contributed by atoms with Gasteiger partial charge in [0.15, 0.2) is 0 Å². The van der Waals surface area contributed by atoms with Gasteiger partial charge in [-0.1, -0.05) is 27.7 Å². The molecule has 0 aliphatic heterocycles. The Balaban J connectivity index is -0.000000159. The Morgan fingerprint density at radius 2 is 0.897 bits per heavy atom. The topological polar surface area (TPSA) is 172 Å². The fourth-order valence-corrected chi connectivity index (χ4v) is 2.15. The Morgan fingerprint density at radius 1 is 0.621 bits per heavy atom. The minimum Gasteiger partial charge on any atom is -0.549 e. The molecule has 0 aromatic carbocycles. The van der Waals surface area contributed by atoms with Crippen LogP contribution in [-0.2, 0) is 28.8 Å². The van der Waals surface area contributed by atoms with Crippen LogP contribution in [0.15, 0.2) is 0 Å². The molecule has 0 N–H and O–H groups in total. The second-order valence-electron chi connectivity index (χ2n) is 6.43. The summed E-state index contributed by atoms with van der Waals surface area (Å²) in [4.78, 5) is 61.7. The molecule has 29 heavy (non-hydrogen) atoms. The van der Waals surface area contributed by atoms with E-state index in [4.69, 9.17) is 0 Å². The summed E-state index contributed by atoms with van der Waals surface area (Å²) in [6.45, 7) is 10.4. The molecular weight excluding hydrogens is 399 g/mol. The third kappa shape index (κ3) is 16.6. The van der Waals surface area contributed by atoms with Crippen molar-refractivity contribution in [2.45, 2.75) is 61.3 Å². The van der Waals surface area contributed by atoms with Gasteiger partial charge >= 0.3 is 17.4 Å². The number of aliphatic carboxylic acids is 3. The quantitative estimate of drug-likeness (QED) is 0.295. The van der Waals surface area contributed by atoms with Crippen LogP contribution < -0.4 is 15.3 Å². The number of rotatable bonds is 9. The number of carboxylic acid groups (broad SMARTS) is 3. The van der Waals surface area contributed by atoms with Gasteiger partial charge in [-0.3, -0.25) is 14.4 Å². The molecule has 0 aromatic rings. The number of Topliss-reactive ketones (excluding diaryl/α,β-unsaturated/α-hetero) is 3. The maximum absolute atomic E-state index is 10.6. The largest absolute Gasteiger partial charge is 3.00 e. The van der Waals surface area contributed by atoms with Crippen LogP contribution in [0.1, 0.15) is 61.3 Å². The fourth-order valence-electron chi connectivity index (χ4n) is 2.15. The zero-order chi connectivity index (χ0) is 23.2. The zero-order valence-electron chi connectivity index (χ0n) is 18.0. The number of carboxylic acids is 3. The first-order valence-electron chi connectivity index (χ1n) is 8.79. The Bertz CT molecular complexity index is 496. The van der Waals surface area contributed by atoms with Crippen molar-refractivity contribution in [1.82, 2.24) is 0 Å². The van der Waals surface area contributed by atoms with E-state index < -0.39 is 35.7 Å². The number of ketones is 3. The summed E-state index contributed by atoms with van der Waals surface area (Å²) in [5, 5.41) is 30.3. The van der Waals surface area contributed by atoms with Gasteiger partial charge in [-0.05, 0) is 39.5 Å². The van der Waals surface area contributed by atoms with Gasteiger partial charge in [-0.25, -0.2) is 0 Å². The molecule has 0 aliphatic rings. The third-order valence-electron chi connectivity index (χ3n) is 3.73. The summed E-state index contributed by atoms with van der Waals surface area (Å²) in [5.41, 5.74) is 0. The van der Waals surface area contributed by atoms with Crippen LogP contribution in [0.5, 0.6) is 0 Å². The Labute approximate surface area is 182 Å². The maximum atomic E-state index is 10.6. The van der Waals surface area contributed by atoms with Gasteiger partial charge in [-0.15, -0.1) is 0 Å². The standard InChI is InChI=1S/C7H12O3.2C6H10O3.Al/c1-4(2)6(5(3)8)7(9)10;2*1-3-5(4(2)7)6(8)9;/h4,6H,1-3H3,(H,9,10);2*5H,3H2,1-2H3,(H,8,9);/q;;;+3/p-3. The van der Waals surface area contributed by atoms with Gasteiger partial charge in [0.2, 0.25) is 0 Å². The van der Waals surface area contributed by atoms with Gasteiger partial charge in [0, 0.05) is 0 Å². The summed E-state index contributed by atoms with van der Waals surface area (Å²) < 4.78 is 0. The van der Waals surface area contributed by atoms with Crippen molar-refractivity contribution in [2.24, 2.45) is 23.7 Å². The van der Waals surface area contributed by atoms with Crippen molar-refractivity contribution in [3.8, 4) is 0 Å². The molecule has 0 rings (SSSR count). The van der Waals surface area contributed by atoms with Crippen molar-refractivity contribution >= 4 is 52.6 Å². The van der Waals surface area contributed by atoms with Gasteiger partial charge < -0.3 is 29.7 Å². The molecule has 162 valence electrons. The molecule has 0 aromatic heterocycles. The van der Waals surface area contributed by atoms with Gasteiger partial charge in [0.05, 0.1) is 35.7 Å². The summed E-state index contributed by atoms with van der Waals surface area (Å²) >= 11 is 0. The molecule has 0 fully saturated rings. The monoisotopic (exact) mass is 428 g/mol. The average molecular weight is 428 g/mol. The van der Waals surface area contributed by atoms with Crippen molar-refractivity contribution in [1.29, 1.82) is 0 Å². The molecule has 9 nitrogen and oxygen atoms in total. The van der Waals surface area contributed by atoms with E-state index >= 15 is 0 Å². The van der Waals surface area contributed by atoms with E-state index in [1.54, 1.807) is 27.7 Å². The third-order valence-corrected chi connectivity index (χ3v) is 3.73. The normalized spacial score (nSPS) is 12.4. The molecule has 0 heterocycles. The summed E-state index contributed by atoms with van der Waals surface area (Å²) in [6, 6.07) is 0. The van der Waals surface area contributed by atoms with E-state index in [0.717, 1.165) is 0 Å². The van der Waals surface area contributed by atoms with Crippen molar-refractivity contribution in [2.75, 3.05) is 0 Å². The fraction of sp³-hybridized carbons (Fsp3) is 0.684. The summed E-state index contributed by atoms with van der Waals surface area (Å²) in [6.07, 6.45) is 0.634. The Hall–Kier alpha value is -2.05. The van der Waals surface area contributed by atoms with E-state index in [1.165, 1.54) is 20.8 Å². The Morgan fingerprint density at radius 3 is 0.897 bits per heavy atom. The van der Waals surface area contributed by atoms with Gasteiger partial charge in [0.1, 0.15) is 17.3 Å². The second-order valence-corrected chi connectivity index (χ2v) is 6.43. The molecule has 0 saturated carbocycles. The zero-order valence-corrected chi connectivity index (χ0v) is 19.1. The smallest absolute Gasteiger partial charge is 0.549 e. The predicted octanol–water partition coefficient (Wildman–Crippen LogP) is -2.08. The van der Waals surface area contributed by atoms with Crippen LogP contribution >= 0.6 is 0 Å². The van der Waals surface area contributed by atoms with Crippen LogP contribution in [0, 0.1) is 23.7 Å². The first kappa shape index (κ1) is 34.5. The Kier molecular flexibility index (Phi) is 21.4. The predicted molar refractivity (Wildman–Crippen MR) is 98.7 cm³/mol. The number of hydrogen-bond acceptors (Lipinski definition) is 9. The maximum Gasteiger partial charge on any atom is 3.00 e. The molecule has 0 spiro atoms. The van der Waals surface area contributed by atoms with Gasteiger partial charge in [-0.2, -0.15) is 0 Å². The van der Waals surface area contributed by atoms with Gasteiger partial charge in [0.25, 0.3) is 0 Å². The van der Waals surface area contributed by atoms with E-state index in [-0.39, 0.29) is 40.6 Å². The van der Waals surface area contributed by atoms with E-state index in [2.05, 4.69) is 0 Å². The van der Waals surface area contributed by atoms with Crippen LogP contribution in [-0.4, -0.2) is 52.6 Å². The minimum absolute atomic E-state index is 0. The molecule has 0 saturated heterocycles. The van der Waals surface area contributed by atoms with E-state index in [0.29, 0.717) is 12.8 Å². The van der Waals surface area contributed by atoms with E-state index in [1.807, 2.05) is 0 Å². The number of carbonyl (C=O) groups excluding carboxylic acids is 6. The van der Waals surface area contributed by atoms with Crippen LogP contribution in [0.4, 0.5) is 0 Å². The molecule has 0 amide bonds. The molecule has 10 heteroatoms. The second kappa shape index (κ2) is 18.0.